The fourth-order valence-corrected chi connectivity index (χ4v) is 4.40. The van der Waals surface area contributed by atoms with E-state index >= 15 is 0 Å². The summed E-state index contributed by atoms with van der Waals surface area (Å²) < 4.78 is 38.0. The van der Waals surface area contributed by atoms with Crippen molar-refractivity contribution in [3.05, 3.63) is 35.4 Å². The summed E-state index contributed by atoms with van der Waals surface area (Å²) in [6, 6.07) is 4.42. The number of benzene rings is 1. The van der Waals surface area contributed by atoms with Crippen LogP contribution in [-0.4, -0.2) is 38.6 Å². The SMILES string of the molecule is O=C(O)CCCCCC[C@@H]1C(CCC(O)c2ccc(C(F)(F)F)cc2)[C@H](O)C[C@@H]1O. The molecular formula is C22H31F3O5. The molecule has 5 atom stereocenters. The number of hydrogen-bond acceptors (Lipinski definition) is 4. The van der Waals surface area contributed by atoms with Gasteiger partial charge in [0.1, 0.15) is 0 Å². The van der Waals surface area contributed by atoms with Crippen molar-refractivity contribution >= 4 is 5.97 Å². The number of hydrogen-bond donors (Lipinski definition) is 4. The summed E-state index contributed by atoms with van der Waals surface area (Å²) in [5.41, 5.74) is -0.373. The van der Waals surface area contributed by atoms with Crippen LogP contribution >= 0.6 is 0 Å². The zero-order chi connectivity index (χ0) is 22.3. The van der Waals surface area contributed by atoms with Crippen LogP contribution < -0.4 is 0 Å². The van der Waals surface area contributed by atoms with E-state index in [1.165, 1.54) is 12.1 Å². The van der Waals surface area contributed by atoms with Gasteiger partial charge in [0.2, 0.25) is 0 Å². The predicted molar refractivity (Wildman–Crippen MR) is 105 cm³/mol. The highest BCUT2D eigenvalue weighted by Gasteiger charge is 2.41. The lowest BCUT2D eigenvalue weighted by Crippen LogP contribution is -2.23. The van der Waals surface area contributed by atoms with Crippen LogP contribution in [0, 0.1) is 11.8 Å². The molecule has 1 aromatic carbocycles. The Kier molecular flexibility index (Phi) is 9.12. The number of aliphatic hydroxyl groups is 3. The van der Waals surface area contributed by atoms with Crippen LogP contribution in [0.3, 0.4) is 0 Å². The van der Waals surface area contributed by atoms with Gasteiger partial charge in [-0.2, -0.15) is 13.2 Å². The van der Waals surface area contributed by atoms with Crippen LogP contribution in [0.1, 0.15) is 75.0 Å². The fourth-order valence-electron chi connectivity index (χ4n) is 4.40. The van der Waals surface area contributed by atoms with Gasteiger partial charge >= 0.3 is 12.1 Å². The van der Waals surface area contributed by atoms with Gasteiger partial charge in [0, 0.05) is 6.42 Å². The maximum absolute atomic E-state index is 12.7. The summed E-state index contributed by atoms with van der Waals surface area (Å²) in [5, 5.41) is 39.6. The lowest BCUT2D eigenvalue weighted by Gasteiger charge is -2.25. The molecule has 0 spiro atoms. The first-order valence-corrected chi connectivity index (χ1v) is 10.5. The van der Waals surface area contributed by atoms with Crippen molar-refractivity contribution < 1.29 is 38.4 Å². The molecule has 1 aliphatic rings. The standard InChI is InChI=1S/C22H31F3O5/c23-22(24,25)15-9-7-14(8-10-15)18(26)12-11-17-16(19(27)13-20(17)28)5-3-1-2-4-6-21(29)30/h7-10,16-20,26-28H,1-6,11-13H2,(H,29,30)/t16-,17?,18?,19+,20-/m1/s1. The number of aliphatic carboxylic acids is 1. The van der Waals surface area contributed by atoms with Crippen LogP contribution in [-0.2, 0) is 11.0 Å². The molecule has 8 heteroatoms. The Bertz CT molecular complexity index is 662. The van der Waals surface area contributed by atoms with Crippen molar-refractivity contribution in [2.75, 3.05) is 0 Å². The molecule has 0 heterocycles. The van der Waals surface area contributed by atoms with E-state index in [0.29, 0.717) is 24.8 Å². The maximum atomic E-state index is 12.7. The Labute approximate surface area is 174 Å². The second kappa shape index (κ2) is 11.1. The summed E-state index contributed by atoms with van der Waals surface area (Å²) in [6.45, 7) is 0. The van der Waals surface area contributed by atoms with E-state index < -0.39 is 36.0 Å². The predicted octanol–water partition coefficient (Wildman–Crippen LogP) is 4.30. The Balaban J connectivity index is 1.83. The molecule has 1 aromatic rings. The molecule has 0 amide bonds. The Morgan fingerprint density at radius 1 is 0.967 bits per heavy atom. The second-order valence-electron chi connectivity index (χ2n) is 8.26. The number of carboxylic acids is 1. The lowest BCUT2D eigenvalue weighted by molar-refractivity contribution is -0.138. The molecule has 4 N–H and O–H groups in total. The number of unbranched alkanes of at least 4 members (excludes halogenated alkanes) is 3. The number of rotatable bonds is 11. The third-order valence-electron chi connectivity index (χ3n) is 6.10. The average Bonchev–Trinajstić information content (AvgIpc) is 2.94. The summed E-state index contributed by atoms with van der Waals surface area (Å²) in [7, 11) is 0. The van der Waals surface area contributed by atoms with E-state index in [1.807, 2.05) is 0 Å². The Hall–Kier alpha value is -1.64. The van der Waals surface area contributed by atoms with Crippen LogP contribution in [0.2, 0.25) is 0 Å². The van der Waals surface area contributed by atoms with Gasteiger partial charge in [0.25, 0.3) is 0 Å². The van der Waals surface area contributed by atoms with E-state index in [2.05, 4.69) is 0 Å². The van der Waals surface area contributed by atoms with E-state index in [9.17, 15) is 33.3 Å². The highest BCUT2D eigenvalue weighted by molar-refractivity contribution is 5.66. The van der Waals surface area contributed by atoms with Crippen molar-refractivity contribution in [2.45, 2.75) is 82.3 Å². The van der Waals surface area contributed by atoms with E-state index in [-0.39, 0.29) is 31.1 Å². The van der Waals surface area contributed by atoms with Gasteiger partial charge in [0.05, 0.1) is 23.9 Å². The van der Waals surface area contributed by atoms with E-state index in [1.54, 1.807) is 0 Å². The molecule has 0 aromatic heterocycles. The van der Waals surface area contributed by atoms with Gasteiger partial charge in [-0.3, -0.25) is 4.79 Å². The molecular weight excluding hydrogens is 401 g/mol. The molecule has 0 radical (unpaired) electrons. The van der Waals surface area contributed by atoms with Gasteiger partial charge in [-0.25, -0.2) is 0 Å². The van der Waals surface area contributed by atoms with E-state index in [0.717, 1.165) is 31.4 Å². The minimum atomic E-state index is -4.42. The summed E-state index contributed by atoms with van der Waals surface area (Å²) in [6.07, 6.45) is -1.65. The van der Waals surface area contributed by atoms with Crippen LogP contribution in [0.15, 0.2) is 24.3 Å². The number of aliphatic hydroxyl groups excluding tert-OH is 3. The molecule has 1 fully saturated rings. The summed E-state index contributed by atoms with van der Waals surface area (Å²) in [4.78, 5) is 10.5. The van der Waals surface area contributed by atoms with Crippen LogP contribution in [0.25, 0.3) is 0 Å². The number of carbonyl (C=O) groups is 1. The second-order valence-corrected chi connectivity index (χ2v) is 8.26. The lowest BCUT2D eigenvalue weighted by atomic mass is 9.84. The zero-order valence-electron chi connectivity index (χ0n) is 16.9. The smallest absolute Gasteiger partial charge is 0.416 e. The van der Waals surface area contributed by atoms with Gasteiger partial charge in [-0.1, -0.05) is 31.4 Å². The summed E-state index contributed by atoms with van der Waals surface area (Å²) >= 11 is 0. The monoisotopic (exact) mass is 432 g/mol. The Morgan fingerprint density at radius 3 is 2.10 bits per heavy atom. The van der Waals surface area contributed by atoms with Crippen molar-refractivity contribution in [1.29, 1.82) is 0 Å². The minimum Gasteiger partial charge on any atom is -0.481 e. The molecule has 5 nitrogen and oxygen atoms in total. The average molecular weight is 432 g/mol. The highest BCUT2D eigenvalue weighted by atomic mass is 19.4. The third-order valence-corrected chi connectivity index (χ3v) is 6.10. The maximum Gasteiger partial charge on any atom is 0.416 e. The largest absolute Gasteiger partial charge is 0.481 e. The molecule has 30 heavy (non-hydrogen) atoms. The molecule has 2 rings (SSSR count). The van der Waals surface area contributed by atoms with Gasteiger partial charge in [0.15, 0.2) is 0 Å². The number of carboxylic acid groups (broad SMARTS) is 1. The quantitative estimate of drug-likeness (QED) is 0.391. The van der Waals surface area contributed by atoms with Gasteiger partial charge < -0.3 is 20.4 Å². The molecule has 2 unspecified atom stereocenters. The highest BCUT2D eigenvalue weighted by Crippen LogP contribution is 2.40. The first-order valence-electron chi connectivity index (χ1n) is 10.5. The third kappa shape index (κ3) is 7.25. The molecule has 0 bridgehead atoms. The minimum absolute atomic E-state index is 0.0979. The normalized spacial score (nSPS) is 25.4. The van der Waals surface area contributed by atoms with Gasteiger partial charge in [-0.15, -0.1) is 0 Å². The van der Waals surface area contributed by atoms with Crippen molar-refractivity contribution in [2.24, 2.45) is 11.8 Å². The molecule has 170 valence electrons. The van der Waals surface area contributed by atoms with Crippen molar-refractivity contribution in [1.82, 2.24) is 0 Å². The molecule has 1 aliphatic carbocycles. The van der Waals surface area contributed by atoms with Crippen molar-refractivity contribution in [3.63, 3.8) is 0 Å². The number of halogens is 3. The summed E-state index contributed by atoms with van der Waals surface area (Å²) in [5.74, 6) is -1.08. The van der Waals surface area contributed by atoms with Crippen LogP contribution in [0.5, 0.6) is 0 Å². The first-order chi connectivity index (χ1) is 14.1. The number of alkyl halides is 3. The first kappa shape index (κ1) is 24.6. The Morgan fingerprint density at radius 2 is 1.53 bits per heavy atom. The fraction of sp³-hybridized carbons (Fsp3) is 0.682. The van der Waals surface area contributed by atoms with E-state index in [4.69, 9.17) is 5.11 Å². The van der Waals surface area contributed by atoms with Crippen molar-refractivity contribution in [3.8, 4) is 0 Å². The molecule has 1 saturated carbocycles. The van der Waals surface area contributed by atoms with Gasteiger partial charge in [-0.05, 0) is 61.6 Å². The molecule has 0 saturated heterocycles. The zero-order valence-corrected chi connectivity index (χ0v) is 16.9. The van der Waals surface area contributed by atoms with Crippen LogP contribution in [0.4, 0.5) is 13.2 Å². The topological polar surface area (TPSA) is 98.0 Å². The molecule has 0 aliphatic heterocycles.